The molecule has 0 spiro atoms. The first-order valence-corrected chi connectivity index (χ1v) is 7.73. The van der Waals surface area contributed by atoms with Gasteiger partial charge in [0.05, 0.1) is 6.10 Å². The van der Waals surface area contributed by atoms with Gasteiger partial charge in [-0.1, -0.05) is 55.7 Å². The van der Waals surface area contributed by atoms with Gasteiger partial charge < -0.3 is 10.4 Å². The quantitative estimate of drug-likeness (QED) is 0.885. The van der Waals surface area contributed by atoms with E-state index in [1.54, 1.807) is 0 Å². The topological polar surface area (TPSA) is 32.3 Å². The molecule has 0 aromatic heterocycles. The maximum Gasteiger partial charge on any atom is 0.0914 e. The first-order chi connectivity index (χ1) is 9.83. The highest BCUT2D eigenvalue weighted by atomic mass is 16.3. The molecule has 1 aliphatic rings. The molecule has 1 aliphatic carbocycles. The van der Waals surface area contributed by atoms with Crippen LogP contribution in [-0.4, -0.2) is 17.7 Å². The molecule has 2 nitrogen and oxygen atoms in total. The van der Waals surface area contributed by atoms with Crippen LogP contribution in [0.5, 0.6) is 0 Å². The number of hydrogen-bond donors (Lipinski definition) is 2. The summed E-state index contributed by atoms with van der Waals surface area (Å²) in [6.07, 6.45) is 6.11. The van der Waals surface area contributed by atoms with Crippen LogP contribution in [-0.2, 0) is 0 Å². The molecule has 1 atom stereocenters. The summed E-state index contributed by atoms with van der Waals surface area (Å²) in [4.78, 5) is 0. The van der Waals surface area contributed by atoms with E-state index in [1.807, 2.05) is 18.2 Å². The maximum absolute atomic E-state index is 10.3. The van der Waals surface area contributed by atoms with Crippen molar-refractivity contribution in [3.63, 3.8) is 0 Å². The van der Waals surface area contributed by atoms with E-state index < -0.39 is 6.10 Å². The largest absolute Gasteiger partial charge is 0.387 e. The molecule has 2 N–H and O–H groups in total. The molecule has 0 amide bonds. The Morgan fingerprint density at radius 1 is 1.00 bits per heavy atom. The van der Waals surface area contributed by atoms with Gasteiger partial charge in [0.25, 0.3) is 0 Å². The zero-order valence-electron chi connectivity index (χ0n) is 11.9. The van der Waals surface area contributed by atoms with Crippen molar-refractivity contribution >= 4 is 10.8 Å². The Morgan fingerprint density at radius 3 is 2.55 bits per heavy atom. The molecule has 2 aromatic rings. The molecule has 1 unspecified atom stereocenters. The van der Waals surface area contributed by atoms with E-state index in [0.717, 1.165) is 5.56 Å². The summed E-state index contributed by atoms with van der Waals surface area (Å²) in [7, 11) is 0. The fraction of sp³-hybridized carbons (Fsp3) is 0.444. The van der Waals surface area contributed by atoms with Gasteiger partial charge in [-0.2, -0.15) is 0 Å². The standard InChI is InChI=1S/C18H23NO/c20-18(13-19-17-8-2-1-3-9-17)16-11-10-14-6-4-5-7-15(14)12-16/h4-7,10-12,17-20H,1-3,8-9,13H2. The predicted octanol–water partition coefficient (Wildman–Crippen LogP) is 3.80. The minimum atomic E-state index is -0.415. The van der Waals surface area contributed by atoms with Crippen LogP contribution in [0.2, 0.25) is 0 Å². The molecular formula is C18H23NO. The normalized spacial score (nSPS) is 18.2. The molecule has 0 aliphatic heterocycles. The second-order valence-electron chi connectivity index (χ2n) is 5.87. The van der Waals surface area contributed by atoms with Gasteiger partial charge in [-0.15, -0.1) is 0 Å². The van der Waals surface area contributed by atoms with Crippen LogP contribution in [0.4, 0.5) is 0 Å². The Hall–Kier alpha value is -1.38. The van der Waals surface area contributed by atoms with Crippen LogP contribution in [0, 0.1) is 0 Å². The number of nitrogens with one attached hydrogen (secondary N) is 1. The molecule has 1 fully saturated rings. The Morgan fingerprint density at radius 2 is 1.75 bits per heavy atom. The number of benzene rings is 2. The molecule has 0 radical (unpaired) electrons. The second-order valence-corrected chi connectivity index (χ2v) is 5.87. The molecular weight excluding hydrogens is 246 g/mol. The van der Waals surface area contributed by atoms with E-state index >= 15 is 0 Å². The minimum Gasteiger partial charge on any atom is -0.387 e. The fourth-order valence-corrected chi connectivity index (χ4v) is 3.12. The lowest BCUT2D eigenvalue weighted by Crippen LogP contribution is -2.34. The Balaban J connectivity index is 1.64. The SMILES string of the molecule is OC(CNC1CCCCC1)c1ccc2ccccc2c1. The zero-order valence-corrected chi connectivity index (χ0v) is 11.9. The van der Waals surface area contributed by atoms with Gasteiger partial charge in [0.2, 0.25) is 0 Å². The third-order valence-electron chi connectivity index (χ3n) is 4.36. The molecule has 0 heterocycles. The summed E-state index contributed by atoms with van der Waals surface area (Å²) in [6, 6.07) is 15.1. The van der Waals surface area contributed by atoms with E-state index in [-0.39, 0.29) is 0 Å². The first kappa shape index (κ1) is 13.6. The lowest BCUT2D eigenvalue weighted by atomic mass is 9.95. The van der Waals surface area contributed by atoms with Crippen molar-refractivity contribution in [1.82, 2.24) is 5.32 Å². The number of fused-ring (bicyclic) bond motifs is 1. The molecule has 0 saturated heterocycles. The fourth-order valence-electron chi connectivity index (χ4n) is 3.12. The van der Waals surface area contributed by atoms with E-state index in [9.17, 15) is 5.11 Å². The highest BCUT2D eigenvalue weighted by Gasteiger charge is 2.15. The first-order valence-electron chi connectivity index (χ1n) is 7.73. The summed E-state index contributed by atoms with van der Waals surface area (Å²) in [5, 5.41) is 16.3. The Kier molecular flexibility index (Phi) is 4.34. The van der Waals surface area contributed by atoms with Crippen LogP contribution in [0.25, 0.3) is 10.8 Å². The highest BCUT2D eigenvalue weighted by Crippen LogP contribution is 2.21. The average molecular weight is 269 g/mol. The summed E-state index contributed by atoms with van der Waals surface area (Å²) >= 11 is 0. The van der Waals surface area contributed by atoms with Crippen LogP contribution < -0.4 is 5.32 Å². The summed E-state index contributed by atoms with van der Waals surface area (Å²) in [6.45, 7) is 0.656. The molecule has 106 valence electrons. The number of hydrogen-bond acceptors (Lipinski definition) is 2. The van der Waals surface area contributed by atoms with Gasteiger partial charge in [-0.25, -0.2) is 0 Å². The van der Waals surface area contributed by atoms with Crippen molar-refractivity contribution < 1.29 is 5.11 Å². The van der Waals surface area contributed by atoms with Crippen LogP contribution in [0.3, 0.4) is 0 Å². The summed E-state index contributed by atoms with van der Waals surface area (Å²) in [5.74, 6) is 0. The van der Waals surface area contributed by atoms with Crippen molar-refractivity contribution in [2.24, 2.45) is 0 Å². The molecule has 1 saturated carbocycles. The Bertz CT molecular complexity index is 560. The molecule has 0 bridgehead atoms. The molecule has 3 rings (SSSR count). The van der Waals surface area contributed by atoms with Crippen molar-refractivity contribution in [3.8, 4) is 0 Å². The van der Waals surface area contributed by atoms with Crippen molar-refractivity contribution in [3.05, 3.63) is 48.0 Å². The highest BCUT2D eigenvalue weighted by molar-refractivity contribution is 5.83. The van der Waals surface area contributed by atoms with Crippen LogP contribution in [0.15, 0.2) is 42.5 Å². The van der Waals surface area contributed by atoms with E-state index in [2.05, 4.69) is 29.6 Å². The van der Waals surface area contributed by atoms with E-state index in [4.69, 9.17) is 0 Å². The Labute approximate surface area is 120 Å². The van der Waals surface area contributed by atoms with Crippen LogP contribution >= 0.6 is 0 Å². The van der Waals surface area contributed by atoms with Crippen LogP contribution in [0.1, 0.15) is 43.8 Å². The smallest absolute Gasteiger partial charge is 0.0914 e. The third-order valence-corrected chi connectivity index (χ3v) is 4.36. The number of aliphatic hydroxyl groups excluding tert-OH is 1. The van der Waals surface area contributed by atoms with Gasteiger partial charge >= 0.3 is 0 Å². The van der Waals surface area contributed by atoms with Crippen molar-refractivity contribution in [1.29, 1.82) is 0 Å². The van der Waals surface area contributed by atoms with Gasteiger partial charge in [-0.05, 0) is 35.2 Å². The molecule has 2 heteroatoms. The van der Waals surface area contributed by atoms with E-state index in [1.165, 1.54) is 42.9 Å². The lowest BCUT2D eigenvalue weighted by Gasteiger charge is -2.24. The number of rotatable bonds is 4. The van der Waals surface area contributed by atoms with Gasteiger partial charge in [0, 0.05) is 12.6 Å². The summed E-state index contributed by atoms with van der Waals surface area (Å²) in [5.41, 5.74) is 1.01. The monoisotopic (exact) mass is 269 g/mol. The average Bonchev–Trinajstić information content (AvgIpc) is 2.53. The zero-order chi connectivity index (χ0) is 13.8. The summed E-state index contributed by atoms with van der Waals surface area (Å²) < 4.78 is 0. The molecule has 20 heavy (non-hydrogen) atoms. The lowest BCUT2D eigenvalue weighted by molar-refractivity contribution is 0.166. The maximum atomic E-state index is 10.3. The molecule has 2 aromatic carbocycles. The van der Waals surface area contributed by atoms with Gasteiger partial charge in [-0.3, -0.25) is 0 Å². The van der Waals surface area contributed by atoms with Crippen molar-refractivity contribution in [2.75, 3.05) is 6.54 Å². The number of aliphatic hydroxyl groups is 1. The van der Waals surface area contributed by atoms with E-state index in [0.29, 0.717) is 12.6 Å². The van der Waals surface area contributed by atoms with Gasteiger partial charge in [0.1, 0.15) is 0 Å². The van der Waals surface area contributed by atoms with Crippen molar-refractivity contribution in [2.45, 2.75) is 44.2 Å². The minimum absolute atomic E-state index is 0.415. The van der Waals surface area contributed by atoms with Gasteiger partial charge in [0.15, 0.2) is 0 Å². The predicted molar refractivity (Wildman–Crippen MR) is 83.8 cm³/mol. The third kappa shape index (κ3) is 3.20. The second kappa shape index (κ2) is 6.38.